The molecule has 0 atom stereocenters. The Morgan fingerprint density at radius 1 is 0.943 bits per heavy atom. The summed E-state index contributed by atoms with van der Waals surface area (Å²) in [5.74, 6) is -3.86. The zero-order valence-electron chi connectivity index (χ0n) is 20.0. The lowest BCUT2D eigenvalue weighted by Crippen LogP contribution is -2.24. The summed E-state index contributed by atoms with van der Waals surface area (Å²) < 4.78 is 59.6. The summed E-state index contributed by atoms with van der Waals surface area (Å²) in [6.45, 7) is 11.4. The highest BCUT2D eigenvalue weighted by atomic mass is 32.2. The summed E-state index contributed by atoms with van der Waals surface area (Å²) in [5.41, 5.74) is 1.80. The van der Waals surface area contributed by atoms with Crippen LogP contribution in [-0.4, -0.2) is 49.8 Å². The van der Waals surface area contributed by atoms with Crippen LogP contribution in [0.1, 0.15) is 50.5 Å². The van der Waals surface area contributed by atoms with E-state index < -0.39 is 28.1 Å². The van der Waals surface area contributed by atoms with Gasteiger partial charge in [0.2, 0.25) is 0 Å². The van der Waals surface area contributed by atoms with Gasteiger partial charge in [0, 0.05) is 18.8 Å². The number of halogens is 3. The molecule has 0 aliphatic rings. The first-order valence-corrected chi connectivity index (χ1v) is 12.0. The van der Waals surface area contributed by atoms with Crippen LogP contribution in [0.25, 0.3) is 0 Å². The molecular weight excluding hydrogens is 489 g/mol. The fourth-order valence-corrected chi connectivity index (χ4v) is 4.01. The van der Waals surface area contributed by atoms with E-state index >= 15 is 0 Å². The van der Waals surface area contributed by atoms with E-state index in [-0.39, 0.29) is 21.6 Å². The average molecular weight is 519 g/mol. The van der Waals surface area contributed by atoms with Crippen molar-refractivity contribution in [3.63, 3.8) is 0 Å². The third-order valence-electron chi connectivity index (χ3n) is 4.86. The summed E-state index contributed by atoms with van der Waals surface area (Å²) in [6, 6.07) is 11.3. The van der Waals surface area contributed by atoms with Crippen LogP contribution in [0, 0.1) is 0 Å². The van der Waals surface area contributed by atoms with Gasteiger partial charge in [-0.05, 0) is 55.2 Å². The molecule has 2 aromatic rings. The van der Waals surface area contributed by atoms with Crippen molar-refractivity contribution >= 4 is 33.3 Å². The predicted molar refractivity (Wildman–Crippen MR) is 127 cm³/mol. The van der Waals surface area contributed by atoms with Gasteiger partial charge < -0.3 is 15.1 Å². The van der Waals surface area contributed by atoms with Crippen molar-refractivity contribution in [2.75, 3.05) is 22.7 Å². The van der Waals surface area contributed by atoms with Gasteiger partial charge >= 0.3 is 18.1 Å². The lowest BCUT2D eigenvalue weighted by Gasteiger charge is -2.23. The monoisotopic (exact) mass is 518 g/mol. The molecule has 0 radical (unpaired) electrons. The number of carboxylic acids is 2. The van der Waals surface area contributed by atoms with E-state index in [0.717, 1.165) is 5.56 Å². The lowest BCUT2D eigenvalue weighted by molar-refractivity contribution is -0.192. The summed E-state index contributed by atoms with van der Waals surface area (Å²) >= 11 is 0. The number of rotatable bonds is 7. The van der Waals surface area contributed by atoms with Gasteiger partial charge in [0.05, 0.1) is 16.1 Å². The normalized spacial score (nSPS) is 11.8. The quantitative estimate of drug-likeness (QED) is 0.473. The minimum atomic E-state index is -5.08. The van der Waals surface area contributed by atoms with E-state index in [0.29, 0.717) is 18.8 Å². The Morgan fingerprint density at radius 2 is 1.43 bits per heavy atom. The Labute approximate surface area is 202 Å². The van der Waals surface area contributed by atoms with Gasteiger partial charge in [-0.1, -0.05) is 32.9 Å². The van der Waals surface area contributed by atoms with Crippen LogP contribution in [-0.2, 0) is 20.2 Å². The van der Waals surface area contributed by atoms with Gasteiger partial charge in [-0.2, -0.15) is 13.2 Å². The number of benzene rings is 2. The number of carbonyl (C=O) groups is 2. The van der Waals surface area contributed by atoms with Crippen molar-refractivity contribution in [3.05, 3.63) is 53.6 Å². The topological polar surface area (TPSA) is 124 Å². The minimum absolute atomic E-state index is 0.0620. The fourth-order valence-electron chi connectivity index (χ4n) is 2.96. The molecular formula is C23H29F3N2O6S. The summed E-state index contributed by atoms with van der Waals surface area (Å²) in [6.07, 6.45) is -5.08. The maximum absolute atomic E-state index is 12.7. The molecule has 2 rings (SSSR count). The number of aliphatic carboxylic acids is 1. The zero-order valence-corrected chi connectivity index (χ0v) is 20.8. The second-order valence-corrected chi connectivity index (χ2v) is 10.1. The Bertz CT molecular complexity index is 1140. The van der Waals surface area contributed by atoms with Crippen LogP contribution in [0.15, 0.2) is 47.4 Å². The number of hydrogen-bond acceptors (Lipinski definition) is 5. The molecule has 0 spiro atoms. The Morgan fingerprint density at radius 3 is 1.80 bits per heavy atom. The molecule has 0 heterocycles. The van der Waals surface area contributed by atoms with E-state index in [9.17, 15) is 31.5 Å². The lowest BCUT2D eigenvalue weighted by atomic mass is 9.87. The van der Waals surface area contributed by atoms with E-state index in [4.69, 9.17) is 9.90 Å². The molecule has 0 aliphatic heterocycles. The number of sulfonamides is 1. The second kappa shape index (κ2) is 11.4. The molecule has 2 aromatic carbocycles. The summed E-state index contributed by atoms with van der Waals surface area (Å²) in [4.78, 5) is 22.6. The zero-order chi connectivity index (χ0) is 27.2. The van der Waals surface area contributed by atoms with Gasteiger partial charge in [-0.15, -0.1) is 0 Å². The van der Waals surface area contributed by atoms with E-state index in [1.54, 1.807) is 36.4 Å². The van der Waals surface area contributed by atoms with Crippen molar-refractivity contribution in [1.29, 1.82) is 0 Å². The Kier molecular flexibility index (Phi) is 9.72. The Balaban J connectivity index is 0.000000762. The number of alkyl halides is 3. The molecule has 3 N–H and O–H groups in total. The van der Waals surface area contributed by atoms with Crippen LogP contribution in [0.5, 0.6) is 0 Å². The van der Waals surface area contributed by atoms with Gasteiger partial charge in [0.1, 0.15) is 0 Å². The van der Waals surface area contributed by atoms with Crippen molar-refractivity contribution in [2.24, 2.45) is 0 Å². The maximum Gasteiger partial charge on any atom is 0.490 e. The Hall–Kier alpha value is -3.28. The van der Waals surface area contributed by atoms with Crippen LogP contribution in [0.2, 0.25) is 0 Å². The number of hydrogen-bond donors (Lipinski definition) is 3. The number of nitrogens with zero attached hydrogens (tertiary/aromatic N) is 1. The second-order valence-electron chi connectivity index (χ2n) is 8.39. The third-order valence-corrected chi connectivity index (χ3v) is 6.25. The van der Waals surface area contributed by atoms with Crippen molar-refractivity contribution < 1.29 is 41.4 Å². The summed E-state index contributed by atoms with van der Waals surface area (Å²) in [5, 5.41) is 16.7. The molecule has 0 unspecified atom stereocenters. The van der Waals surface area contributed by atoms with Crippen molar-refractivity contribution in [1.82, 2.24) is 0 Å². The number of nitrogens with one attached hydrogen (secondary N) is 1. The van der Waals surface area contributed by atoms with Crippen LogP contribution < -0.4 is 9.62 Å². The highest BCUT2D eigenvalue weighted by Gasteiger charge is 2.38. The smallest absolute Gasteiger partial charge is 0.478 e. The highest BCUT2D eigenvalue weighted by Crippen LogP contribution is 2.27. The first-order chi connectivity index (χ1) is 15.9. The van der Waals surface area contributed by atoms with Gasteiger partial charge in [0.15, 0.2) is 0 Å². The predicted octanol–water partition coefficient (Wildman–Crippen LogP) is 4.96. The van der Waals surface area contributed by atoms with Crippen LogP contribution in [0.3, 0.4) is 0 Å². The molecule has 0 amide bonds. The molecule has 35 heavy (non-hydrogen) atoms. The summed E-state index contributed by atoms with van der Waals surface area (Å²) in [7, 11) is -3.82. The van der Waals surface area contributed by atoms with E-state index in [1.165, 1.54) is 6.07 Å². The molecule has 0 saturated carbocycles. The molecule has 0 bridgehead atoms. The fraction of sp³-hybridized carbons (Fsp3) is 0.391. The standard InChI is InChI=1S/C21H28N2O4S.C2HF3O2/c1-6-23(7-2)19-13-10-16(14-18(19)20(24)25)22-28(26,27)17-11-8-15(9-12-17)21(3,4)5;3-2(4,5)1(6)7/h8-14,22H,6-7H2,1-5H3,(H,24,25);(H,6,7). The van der Waals surface area contributed by atoms with Crippen LogP contribution in [0.4, 0.5) is 24.5 Å². The minimum Gasteiger partial charge on any atom is -0.478 e. The molecule has 0 fully saturated rings. The molecule has 8 nitrogen and oxygen atoms in total. The van der Waals surface area contributed by atoms with E-state index in [1.807, 2.05) is 18.7 Å². The van der Waals surface area contributed by atoms with Crippen molar-refractivity contribution in [3.8, 4) is 0 Å². The van der Waals surface area contributed by atoms with Gasteiger partial charge in [0.25, 0.3) is 10.0 Å². The maximum atomic E-state index is 12.7. The van der Waals surface area contributed by atoms with Gasteiger partial charge in [-0.3, -0.25) is 4.72 Å². The SMILES string of the molecule is CCN(CC)c1ccc(NS(=O)(=O)c2ccc(C(C)(C)C)cc2)cc1C(=O)O.O=C(O)C(F)(F)F. The van der Waals surface area contributed by atoms with Crippen molar-refractivity contribution in [2.45, 2.75) is 51.1 Å². The average Bonchev–Trinajstić information content (AvgIpc) is 2.74. The van der Waals surface area contributed by atoms with Gasteiger partial charge in [-0.25, -0.2) is 18.0 Å². The first kappa shape index (κ1) is 29.8. The molecule has 12 heteroatoms. The highest BCUT2D eigenvalue weighted by molar-refractivity contribution is 7.92. The molecule has 194 valence electrons. The third kappa shape index (κ3) is 8.46. The largest absolute Gasteiger partial charge is 0.490 e. The molecule has 0 aliphatic carbocycles. The van der Waals surface area contributed by atoms with E-state index in [2.05, 4.69) is 25.5 Å². The molecule has 0 saturated heterocycles. The first-order valence-electron chi connectivity index (χ1n) is 10.5. The number of carboxylic acid groups (broad SMARTS) is 2. The number of anilines is 2. The van der Waals surface area contributed by atoms with Crippen LogP contribution >= 0.6 is 0 Å². The number of aromatic carboxylic acids is 1. The molecule has 0 aromatic heterocycles.